The number of hydrogen-bond acceptors (Lipinski definition) is 2. The molecule has 2 N–H and O–H groups in total. The minimum atomic E-state index is -0.205. The van der Waals surface area contributed by atoms with Crippen LogP contribution in [0.3, 0.4) is 0 Å². The number of anilines is 1. The van der Waals surface area contributed by atoms with Gasteiger partial charge in [-0.1, -0.05) is 12.1 Å². The molecule has 0 radical (unpaired) electrons. The van der Waals surface area contributed by atoms with E-state index in [0.29, 0.717) is 5.69 Å². The third-order valence-electron chi connectivity index (χ3n) is 2.66. The van der Waals surface area contributed by atoms with Gasteiger partial charge < -0.3 is 5.73 Å². The minimum absolute atomic E-state index is 0.205. The van der Waals surface area contributed by atoms with Crippen LogP contribution in [0.25, 0.3) is 0 Å². The van der Waals surface area contributed by atoms with Crippen LogP contribution in [0.1, 0.15) is 11.3 Å². The van der Waals surface area contributed by atoms with E-state index in [9.17, 15) is 4.39 Å². The van der Waals surface area contributed by atoms with Gasteiger partial charge in [-0.05, 0) is 30.5 Å². The first kappa shape index (κ1) is 10.7. The van der Waals surface area contributed by atoms with Crippen LogP contribution in [0.4, 0.5) is 10.1 Å². The van der Waals surface area contributed by atoms with Crippen molar-refractivity contribution in [2.24, 2.45) is 7.05 Å². The second-order valence-electron chi connectivity index (χ2n) is 3.80. The van der Waals surface area contributed by atoms with E-state index in [1.165, 1.54) is 12.1 Å². The molecule has 0 atom stereocenters. The maximum Gasteiger partial charge on any atom is 0.123 e. The van der Waals surface area contributed by atoms with Crippen LogP contribution >= 0.6 is 0 Å². The van der Waals surface area contributed by atoms with Crippen LogP contribution < -0.4 is 5.73 Å². The molecule has 1 aromatic heterocycles. The zero-order valence-electron chi connectivity index (χ0n) is 9.15. The lowest BCUT2D eigenvalue weighted by atomic mass is 10.1. The zero-order valence-corrected chi connectivity index (χ0v) is 9.15. The average Bonchev–Trinajstić information content (AvgIpc) is 2.59. The Bertz CT molecular complexity index is 454. The Kier molecular flexibility index (Phi) is 2.90. The van der Waals surface area contributed by atoms with E-state index in [4.69, 9.17) is 5.73 Å². The molecule has 0 spiro atoms. The highest BCUT2D eigenvalue weighted by atomic mass is 19.1. The van der Waals surface area contributed by atoms with Crippen molar-refractivity contribution < 1.29 is 4.39 Å². The van der Waals surface area contributed by atoms with Crippen molar-refractivity contribution in [3.63, 3.8) is 0 Å². The predicted molar refractivity (Wildman–Crippen MR) is 61.4 cm³/mol. The Labute approximate surface area is 93.7 Å². The quantitative estimate of drug-likeness (QED) is 0.857. The highest BCUT2D eigenvalue weighted by Gasteiger charge is 2.05. The Hall–Kier alpha value is -1.84. The van der Waals surface area contributed by atoms with Gasteiger partial charge in [-0.15, -0.1) is 0 Å². The van der Waals surface area contributed by atoms with E-state index in [2.05, 4.69) is 5.10 Å². The first-order valence-electron chi connectivity index (χ1n) is 5.17. The average molecular weight is 219 g/mol. The number of aryl methyl sites for hydroxylation is 2. The molecule has 0 unspecified atom stereocenters. The van der Waals surface area contributed by atoms with Crippen molar-refractivity contribution in [2.45, 2.75) is 12.8 Å². The molecule has 1 aromatic carbocycles. The Balaban J connectivity index is 2.05. The van der Waals surface area contributed by atoms with Gasteiger partial charge in [0.15, 0.2) is 0 Å². The van der Waals surface area contributed by atoms with Gasteiger partial charge in [-0.3, -0.25) is 4.68 Å². The smallest absolute Gasteiger partial charge is 0.123 e. The highest BCUT2D eigenvalue weighted by Crippen LogP contribution is 2.13. The SMILES string of the molecule is Cn1ncc(N)c1CCc1ccc(F)cc1. The standard InChI is InChI=1S/C12H14FN3/c1-16-12(11(14)8-15-16)7-4-9-2-5-10(13)6-3-9/h2-3,5-6,8H,4,7,14H2,1H3. The van der Waals surface area contributed by atoms with E-state index in [-0.39, 0.29) is 5.82 Å². The van der Waals surface area contributed by atoms with Crippen molar-refractivity contribution in [3.05, 3.63) is 47.5 Å². The molecular formula is C12H14FN3. The van der Waals surface area contributed by atoms with E-state index in [0.717, 1.165) is 24.1 Å². The van der Waals surface area contributed by atoms with Gasteiger partial charge in [0.25, 0.3) is 0 Å². The normalized spacial score (nSPS) is 10.6. The Morgan fingerprint density at radius 2 is 1.94 bits per heavy atom. The summed E-state index contributed by atoms with van der Waals surface area (Å²) < 4.78 is 14.5. The molecule has 0 amide bonds. The van der Waals surface area contributed by atoms with Gasteiger partial charge in [-0.25, -0.2) is 4.39 Å². The summed E-state index contributed by atoms with van der Waals surface area (Å²) >= 11 is 0. The van der Waals surface area contributed by atoms with Crippen molar-refractivity contribution in [1.82, 2.24) is 9.78 Å². The van der Waals surface area contributed by atoms with E-state index >= 15 is 0 Å². The van der Waals surface area contributed by atoms with Crippen LogP contribution in [-0.4, -0.2) is 9.78 Å². The molecule has 0 saturated heterocycles. The van der Waals surface area contributed by atoms with Crippen molar-refractivity contribution in [2.75, 3.05) is 5.73 Å². The molecule has 4 heteroatoms. The lowest BCUT2D eigenvalue weighted by molar-refractivity contribution is 0.626. The molecule has 0 aliphatic carbocycles. The highest BCUT2D eigenvalue weighted by molar-refractivity contribution is 5.41. The van der Waals surface area contributed by atoms with E-state index in [1.54, 1.807) is 23.0 Å². The summed E-state index contributed by atoms with van der Waals surface area (Å²) in [4.78, 5) is 0. The van der Waals surface area contributed by atoms with Gasteiger partial charge in [0.1, 0.15) is 5.82 Å². The second kappa shape index (κ2) is 4.35. The molecular weight excluding hydrogens is 205 g/mol. The third kappa shape index (κ3) is 2.21. The molecule has 0 aliphatic rings. The predicted octanol–water partition coefficient (Wildman–Crippen LogP) is 1.93. The number of hydrogen-bond donors (Lipinski definition) is 1. The molecule has 1 heterocycles. The summed E-state index contributed by atoms with van der Waals surface area (Å²) in [5, 5.41) is 4.07. The molecule has 0 aliphatic heterocycles. The van der Waals surface area contributed by atoms with Crippen LogP contribution in [0.5, 0.6) is 0 Å². The minimum Gasteiger partial charge on any atom is -0.396 e. The van der Waals surface area contributed by atoms with Gasteiger partial charge >= 0.3 is 0 Å². The topological polar surface area (TPSA) is 43.8 Å². The number of rotatable bonds is 3. The summed E-state index contributed by atoms with van der Waals surface area (Å²) in [5.41, 5.74) is 8.62. The van der Waals surface area contributed by atoms with E-state index < -0.39 is 0 Å². The van der Waals surface area contributed by atoms with Crippen LogP contribution in [-0.2, 0) is 19.9 Å². The largest absolute Gasteiger partial charge is 0.396 e. The number of nitrogens with zero attached hydrogens (tertiary/aromatic N) is 2. The second-order valence-corrected chi connectivity index (χ2v) is 3.80. The third-order valence-corrected chi connectivity index (χ3v) is 2.66. The van der Waals surface area contributed by atoms with Crippen molar-refractivity contribution in [1.29, 1.82) is 0 Å². The molecule has 2 aromatic rings. The maximum atomic E-state index is 12.7. The number of benzene rings is 1. The monoisotopic (exact) mass is 219 g/mol. The fourth-order valence-corrected chi connectivity index (χ4v) is 1.70. The summed E-state index contributed by atoms with van der Waals surface area (Å²) in [6, 6.07) is 6.54. The molecule has 0 bridgehead atoms. The molecule has 0 saturated carbocycles. The first-order valence-corrected chi connectivity index (χ1v) is 5.17. The van der Waals surface area contributed by atoms with Gasteiger partial charge in [0.05, 0.1) is 17.6 Å². The summed E-state index contributed by atoms with van der Waals surface area (Å²) in [6.45, 7) is 0. The molecule has 84 valence electrons. The van der Waals surface area contributed by atoms with Gasteiger partial charge in [0.2, 0.25) is 0 Å². The number of nitrogen functional groups attached to an aromatic ring is 1. The summed E-state index contributed by atoms with van der Waals surface area (Å²) in [6.07, 6.45) is 3.30. The maximum absolute atomic E-state index is 12.7. The van der Waals surface area contributed by atoms with Gasteiger partial charge in [0, 0.05) is 7.05 Å². The Morgan fingerprint density at radius 1 is 1.25 bits per heavy atom. The molecule has 0 fully saturated rings. The van der Waals surface area contributed by atoms with Crippen LogP contribution in [0.2, 0.25) is 0 Å². The van der Waals surface area contributed by atoms with E-state index in [1.807, 2.05) is 7.05 Å². The van der Waals surface area contributed by atoms with Crippen molar-refractivity contribution >= 4 is 5.69 Å². The summed E-state index contributed by atoms with van der Waals surface area (Å²) in [7, 11) is 1.87. The zero-order chi connectivity index (χ0) is 11.5. The van der Waals surface area contributed by atoms with Crippen molar-refractivity contribution in [3.8, 4) is 0 Å². The number of aromatic nitrogens is 2. The fraction of sp³-hybridized carbons (Fsp3) is 0.250. The lowest BCUT2D eigenvalue weighted by Gasteiger charge is -2.04. The Morgan fingerprint density at radius 3 is 2.50 bits per heavy atom. The molecule has 16 heavy (non-hydrogen) atoms. The fourth-order valence-electron chi connectivity index (χ4n) is 1.70. The number of nitrogens with two attached hydrogens (primary N) is 1. The van der Waals surface area contributed by atoms with Gasteiger partial charge in [-0.2, -0.15) is 5.10 Å². The van der Waals surface area contributed by atoms with Crippen LogP contribution in [0.15, 0.2) is 30.5 Å². The van der Waals surface area contributed by atoms with Crippen LogP contribution in [0, 0.1) is 5.82 Å². The molecule has 2 rings (SSSR count). The first-order chi connectivity index (χ1) is 7.66. The molecule has 3 nitrogen and oxygen atoms in total. The lowest BCUT2D eigenvalue weighted by Crippen LogP contribution is -2.02. The number of halogens is 1. The summed E-state index contributed by atoms with van der Waals surface area (Å²) in [5.74, 6) is -0.205.